The van der Waals surface area contributed by atoms with Gasteiger partial charge in [-0.2, -0.15) is 0 Å². The molecular formula is C24H24F2N4O5S. The van der Waals surface area contributed by atoms with Crippen LogP contribution in [0, 0.1) is 11.6 Å². The van der Waals surface area contributed by atoms with Crippen LogP contribution >= 0.6 is 12.2 Å². The van der Waals surface area contributed by atoms with E-state index in [9.17, 15) is 14.4 Å². The molecule has 12 heteroatoms. The van der Waals surface area contributed by atoms with Crippen LogP contribution in [-0.2, 0) is 14.3 Å². The van der Waals surface area contributed by atoms with Crippen molar-refractivity contribution in [3.8, 4) is 11.1 Å². The molecular weight excluding hydrogens is 494 g/mol. The van der Waals surface area contributed by atoms with Crippen LogP contribution < -0.4 is 20.4 Å². The summed E-state index contributed by atoms with van der Waals surface area (Å²) >= 11 is 4.96. The smallest absolute Gasteiger partial charge is 0.414 e. The van der Waals surface area contributed by atoms with Gasteiger partial charge < -0.3 is 20.1 Å². The van der Waals surface area contributed by atoms with E-state index >= 15 is 8.78 Å². The average Bonchev–Trinajstić information content (AvgIpc) is 3.38. The number of hydrogen-bond acceptors (Lipinski definition) is 6. The second-order valence-corrected chi connectivity index (χ2v) is 9.05. The third-order valence-electron chi connectivity index (χ3n) is 5.72. The van der Waals surface area contributed by atoms with Gasteiger partial charge in [-0.25, -0.2) is 18.4 Å². The SMILES string of the molecule is CC(=O)NC[C@H]1CN(c2ccc(-c3ccc(N4C[C@H](CNC(C)=S)OC4=O)cc3F)c(F)c2)C(=O)O1. The maximum absolute atomic E-state index is 15.0. The Morgan fingerprint density at radius 1 is 0.889 bits per heavy atom. The number of cyclic esters (lactones) is 2. The van der Waals surface area contributed by atoms with Crippen LogP contribution in [0.4, 0.5) is 29.7 Å². The van der Waals surface area contributed by atoms with E-state index in [1.54, 1.807) is 6.92 Å². The number of ether oxygens (including phenoxy) is 2. The summed E-state index contributed by atoms with van der Waals surface area (Å²) in [5, 5.41) is 5.50. The van der Waals surface area contributed by atoms with Gasteiger partial charge in [0.1, 0.15) is 23.8 Å². The molecule has 4 rings (SSSR count). The molecule has 0 bridgehead atoms. The lowest BCUT2D eigenvalue weighted by atomic mass is 10.0. The highest BCUT2D eigenvalue weighted by atomic mass is 32.1. The van der Waals surface area contributed by atoms with E-state index < -0.39 is 36.0 Å². The number of halogens is 2. The summed E-state index contributed by atoms with van der Waals surface area (Å²) in [6, 6.07) is 8.03. The molecule has 9 nitrogen and oxygen atoms in total. The first-order valence-electron chi connectivity index (χ1n) is 11.2. The zero-order valence-corrected chi connectivity index (χ0v) is 20.4. The minimum absolute atomic E-state index is 0.00236. The van der Waals surface area contributed by atoms with Crippen molar-refractivity contribution in [3.63, 3.8) is 0 Å². The summed E-state index contributed by atoms with van der Waals surface area (Å²) in [6.45, 7) is 3.89. The van der Waals surface area contributed by atoms with Crippen LogP contribution in [0.1, 0.15) is 13.8 Å². The summed E-state index contributed by atoms with van der Waals surface area (Å²) in [7, 11) is 0. The van der Waals surface area contributed by atoms with Gasteiger partial charge in [-0.1, -0.05) is 12.2 Å². The Bertz CT molecular complexity index is 1130. The largest absolute Gasteiger partial charge is 0.442 e. The van der Waals surface area contributed by atoms with E-state index in [0.717, 1.165) is 12.1 Å². The molecule has 2 aromatic carbocycles. The Morgan fingerprint density at radius 3 is 1.72 bits per heavy atom. The molecule has 36 heavy (non-hydrogen) atoms. The van der Waals surface area contributed by atoms with Crippen LogP contribution in [-0.4, -0.2) is 61.5 Å². The number of nitrogens with one attached hydrogen (secondary N) is 2. The number of carbonyl (C=O) groups is 3. The van der Waals surface area contributed by atoms with E-state index in [1.807, 2.05) is 0 Å². The summed E-state index contributed by atoms with van der Waals surface area (Å²) in [5.74, 6) is -1.72. The van der Waals surface area contributed by atoms with Gasteiger partial charge in [0.2, 0.25) is 5.91 Å². The zero-order chi connectivity index (χ0) is 26.0. The Kier molecular flexibility index (Phi) is 7.34. The molecule has 2 saturated heterocycles. The highest BCUT2D eigenvalue weighted by Crippen LogP contribution is 2.33. The van der Waals surface area contributed by atoms with Crippen molar-refractivity contribution >= 4 is 46.7 Å². The highest BCUT2D eigenvalue weighted by molar-refractivity contribution is 7.80. The fourth-order valence-electron chi connectivity index (χ4n) is 3.97. The van der Waals surface area contributed by atoms with Gasteiger partial charge in [0.15, 0.2) is 0 Å². The summed E-state index contributed by atoms with van der Waals surface area (Å²) in [4.78, 5) is 38.6. The predicted octanol–water partition coefficient (Wildman–Crippen LogP) is 3.36. The first kappa shape index (κ1) is 25.3. The quantitative estimate of drug-likeness (QED) is 0.543. The fourth-order valence-corrected chi connectivity index (χ4v) is 4.06. The van der Waals surface area contributed by atoms with E-state index in [4.69, 9.17) is 21.7 Å². The predicted molar refractivity (Wildman–Crippen MR) is 132 cm³/mol. The summed E-state index contributed by atoms with van der Waals surface area (Å²) in [6.07, 6.45) is -2.29. The molecule has 190 valence electrons. The summed E-state index contributed by atoms with van der Waals surface area (Å²) in [5.41, 5.74) is 0.518. The fraction of sp³-hybridized carbons (Fsp3) is 0.333. The monoisotopic (exact) mass is 518 g/mol. The van der Waals surface area contributed by atoms with Crippen molar-refractivity contribution in [2.24, 2.45) is 0 Å². The minimum Gasteiger partial charge on any atom is -0.442 e. The Labute approximate surface area is 211 Å². The third kappa shape index (κ3) is 5.54. The van der Waals surface area contributed by atoms with Crippen LogP contribution in [0.3, 0.4) is 0 Å². The minimum atomic E-state index is -0.737. The topological polar surface area (TPSA) is 100 Å². The molecule has 2 fully saturated rings. The lowest BCUT2D eigenvalue weighted by Gasteiger charge is -2.16. The van der Waals surface area contributed by atoms with E-state index in [1.165, 1.54) is 41.0 Å². The molecule has 0 aliphatic carbocycles. The average molecular weight is 519 g/mol. The van der Waals surface area contributed by atoms with Crippen molar-refractivity contribution in [1.82, 2.24) is 10.6 Å². The van der Waals surface area contributed by atoms with Gasteiger partial charge >= 0.3 is 12.2 Å². The molecule has 2 atom stereocenters. The van der Waals surface area contributed by atoms with Gasteiger partial charge in [0.25, 0.3) is 0 Å². The van der Waals surface area contributed by atoms with Crippen molar-refractivity contribution in [2.45, 2.75) is 26.1 Å². The van der Waals surface area contributed by atoms with Crippen molar-refractivity contribution < 1.29 is 32.6 Å². The maximum atomic E-state index is 15.0. The van der Waals surface area contributed by atoms with E-state index in [-0.39, 0.29) is 48.0 Å². The van der Waals surface area contributed by atoms with Gasteiger partial charge in [0, 0.05) is 18.1 Å². The molecule has 3 amide bonds. The molecule has 0 radical (unpaired) electrons. The third-order valence-corrected chi connectivity index (χ3v) is 5.87. The number of nitrogens with zero attached hydrogens (tertiary/aromatic N) is 2. The van der Waals surface area contributed by atoms with Gasteiger partial charge in [-0.15, -0.1) is 0 Å². The molecule has 2 aromatic rings. The van der Waals surface area contributed by atoms with Crippen molar-refractivity contribution in [3.05, 3.63) is 48.0 Å². The Balaban J connectivity index is 1.48. The molecule has 2 aliphatic rings. The number of thiocarbonyl (C=S) groups is 1. The molecule has 2 heterocycles. The first-order valence-corrected chi connectivity index (χ1v) is 11.6. The molecule has 0 spiro atoms. The number of amides is 3. The standard InChI is InChI=1S/C24H24F2N4O5S/c1-13(31)27-9-17-11-29(23(32)34-17)15-3-5-19(21(25)7-15)20-6-4-16(8-22(20)26)30-12-18(35-24(30)33)10-28-14(2)36/h3-8,17-18H,9-12H2,1-2H3,(H,27,31)(H,28,36)/t17-,18-/m0/s1. The lowest BCUT2D eigenvalue weighted by molar-refractivity contribution is -0.119. The second-order valence-electron chi connectivity index (χ2n) is 8.44. The number of rotatable bonds is 7. The Hall–Kier alpha value is -3.80. The number of benzene rings is 2. The summed E-state index contributed by atoms with van der Waals surface area (Å²) < 4.78 is 40.5. The number of anilines is 2. The molecule has 0 aromatic heterocycles. The maximum Gasteiger partial charge on any atom is 0.414 e. The zero-order valence-electron chi connectivity index (χ0n) is 19.5. The van der Waals surface area contributed by atoms with Crippen LogP contribution in [0.25, 0.3) is 11.1 Å². The van der Waals surface area contributed by atoms with E-state index in [2.05, 4.69) is 10.6 Å². The molecule has 2 aliphatic heterocycles. The number of carbonyl (C=O) groups excluding carboxylic acids is 3. The number of hydrogen-bond donors (Lipinski definition) is 2. The second kappa shape index (κ2) is 10.4. The molecule has 2 N–H and O–H groups in total. The molecule has 0 unspecified atom stereocenters. The van der Waals surface area contributed by atoms with Gasteiger partial charge in [-0.05, 0) is 43.3 Å². The highest BCUT2D eigenvalue weighted by Gasteiger charge is 2.34. The van der Waals surface area contributed by atoms with E-state index in [0.29, 0.717) is 11.5 Å². The normalized spacial score (nSPS) is 19.2. The lowest BCUT2D eigenvalue weighted by Crippen LogP contribution is -2.33. The molecule has 0 saturated carbocycles. The Morgan fingerprint density at radius 2 is 1.33 bits per heavy atom. The first-order chi connectivity index (χ1) is 17.1. The van der Waals surface area contributed by atoms with Gasteiger partial charge in [-0.3, -0.25) is 14.6 Å². The van der Waals surface area contributed by atoms with Crippen LogP contribution in [0.5, 0.6) is 0 Å². The van der Waals surface area contributed by atoms with Crippen molar-refractivity contribution in [2.75, 3.05) is 36.0 Å². The van der Waals surface area contributed by atoms with Gasteiger partial charge in [0.05, 0.1) is 42.5 Å². The van der Waals surface area contributed by atoms with Crippen LogP contribution in [0.2, 0.25) is 0 Å². The van der Waals surface area contributed by atoms with Crippen LogP contribution in [0.15, 0.2) is 36.4 Å². The van der Waals surface area contributed by atoms with Crippen molar-refractivity contribution in [1.29, 1.82) is 0 Å².